The van der Waals surface area contributed by atoms with Crippen LogP contribution in [0, 0.1) is 5.82 Å². The highest BCUT2D eigenvalue weighted by Gasteiger charge is 2.29. The average Bonchev–Trinajstić information content (AvgIpc) is 2.68. The number of benzene rings is 2. The van der Waals surface area contributed by atoms with Crippen molar-refractivity contribution < 1.29 is 29.1 Å². The highest BCUT2D eigenvalue weighted by Crippen LogP contribution is 2.08. The van der Waals surface area contributed by atoms with E-state index in [0.29, 0.717) is 18.4 Å². The van der Waals surface area contributed by atoms with Crippen LogP contribution in [0.5, 0.6) is 0 Å². The minimum absolute atomic E-state index is 0.00274. The van der Waals surface area contributed by atoms with Crippen molar-refractivity contribution in [1.82, 2.24) is 10.6 Å². The maximum absolute atomic E-state index is 12.9. The molecule has 0 heterocycles. The maximum atomic E-state index is 12.9. The van der Waals surface area contributed by atoms with Crippen molar-refractivity contribution in [3.63, 3.8) is 0 Å². The summed E-state index contributed by atoms with van der Waals surface area (Å²) in [5, 5.41) is 19.0. The summed E-state index contributed by atoms with van der Waals surface area (Å²) in [7, 11) is 0. The molecule has 0 saturated heterocycles. The number of Topliss-reactive ketones (excluding diaryl/α,β-unsaturated/α-hetero) is 1. The number of hydrazine groups is 1. The van der Waals surface area contributed by atoms with Crippen LogP contribution in [0.25, 0.3) is 0 Å². The Labute approximate surface area is 161 Å². The fraction of sp³-hybridized carbons (Fsp3) is 0.250. The van der Waals surface area contributed by atoms with Gasteiger partial charge in [-0.25, -0.2) is 9.18 Å². The van der Waals surface area contributed by atoms with Crippen molar-refractivity contribution in [2.24, 2.45) is 0 Å². The summed E-state index contributed by atoms with van der Waals surface area (Å²) in [6.45, 7) is 0. The third-order valence-corrected chi connectivity index (χ3v) is 4.06. The molecule has 2 rings (SSSR count). The largest absolute Gasteiger partial charge is 0.480 e. The second-order valence-corrected chi connectivity index (χ2v) is 6.21. The molecule has 7 nitrogen and oxygen atoms in total. The van der Waals surface area contributed by atoms with Crippen LogP contribution in [-0.4, -0.2) is 39.2 Å². The van der Waals surface area contributed by atoms with Gasteiger partial charge in [0.25, 0.3) is 5.91 Å². The van der Waals surface area contributed by atoms with Crippen LogP contribution in [0.4, 0.5) is 4.39 Å². The molecule has 0 bridgehead atoms. The van der Waals surface area contributed by atoms with Crippen LogP contribution in [-0.2, 0) is 27.2 Å². The first kappa shape index (κ1) is 21.2. The molecule has 2 aromatic carbocycles. The van der Waals surface area contributed by atoms with E-state index in [1.165, 1.54) is 12.1 Å². The number of carboxylic acid groups (broad SMARTS) is 1. The minimum Gasteiger partial charge on any atom is -0.480 e. The molecule has 148 valence electrons. The Kier molecular flexibility index (Phi) is 7.79. The quantitative estimate of drug-likeness (QED) is 0.327. The topological polar surface area (TPSA) is 107 Å². The van der Waals surface area contributed by atoms with Crippen molar-refractivity contribution in [3.8, 4) is 0 Å². The third kappa shape index (κ3) is 6.57. The summed E-state index contributed by atoms with van der Waals surface area (Å²) in [6, 6.07) is 12.7. The Hall–Kier alpha value is -3.10. The molecule has 8 heteroatoms. The zero-order valence-corrected chi connectivity index (χ0v) is 15.0. The van der Waals surface area contributed by atoms with Gasteiger partial charge in [-0.15, -0.1) is 5.17 Å². The highest BCUT2D eigenvalue weighted by molar-refractivity contribution is 6.02. The molecule has 0 spiro atoms. The Bertz CT molecular complexity index is 811. The van der Waals surface area contributed by atoms with E-state index in [1.807, 2.05) is 35.8 Å². The lowest BCUT2D eigenvalue weighted by Gasteiger charge is -2.20. The number of carbonyl (C=O) groups excluding carboxylic acids is 2. The predicted octanol–water partition coefficient (Wildman–Crippen LogP) is 2.14. The number of halogens is 1. The Morgan fingerprint density at radius 1 is 1.00 bits per heavy atom. The summed E-state index contributed by atoms with van der Waals surface area (Å²) in [6.07, 6.45) is 0.714. The van der Waals surface area contributed by atoms with Gasteiger partial charge in [0.2, 0.25) is 0 Å². The normalized spacial score (nSPS) is 11.6. The standard InChI is InChI=1S/C20H21FN2O5/c21-16-11-9-15(10-12-16)13-18(25)23(28)22-19(20(26)27)17(24)8-4-7-14-5-2-1-3-6-14/h1-3,5-6,9-12,19,22,28H,4,7-8,13H2,(H,26,27). The number of hydrogen-bond donors (Lipinski definition) is 3. The predicted molar refractivity (Wildman–Crippen MR) is 97.7 cm³/mol. The van der Waals surface area contributed by atoms with E-state index in [1.54, 1.807) is 0 Å². The molecule has 0 fully saturated rings. The minimum atomic E-state index is -1.75. The number of hydrogen-bond acceptors (Lipinski definition) is 5. The molecule has 0 radical (unpaired) electrons. The van der Waals surface area contributed by atoms with Crippen molar-refractivity contribution in [3.05, 3.63) is 71.5 Å². The first-order valence-corrected chi connectivity index (χ1v) is 8.68. The van der Waals surface area contributed by atoms with Crippen molar-refractivity contribution in [2.45, 2.75) is 31.7 Å². The van der Waals surface area contributed by atoms with Gasteiger partial charge < -0.3 is 5.11 Å². The van der Waals surface area contributed by atoms with Gasteiger partial charge in [-0.1, -0.05) is 42.5 Å². The second-order valence-electron chi connectivity index (χ2n) is 6.21. The maximum Gasteiger partial charge on any atom is 0.330 e. The number of hydroxylamine groups is 1. The van der Waals surface area contributed by atoms with Gasteiger partial charge in [0, 0.05) is 6.42 Å². The van der Waals surface area contributed by atoms with Crippen molar-refractivity contribution >= 4 is 17.7 Å². The zero-order valence-electron chi connectivity index (χ0n) is 15.0. The number of nitrogens with one attached hydrogen (secondary N) is 1. The van der Waals surface area contributed by atoms with Gasteiger partial charge in [0.05, 0.1) is 6.42 Å². The number of amides is 1. The summed E-state index contributed by atoms with van der Waals surface area (Å²) >= 11 is 0. The molecule has 0 saturated carbocycles. The second kappa shape index (κ2) is 10.3. The summed E-state index contributed by atoms with van der Waals surface area (Å²) in [5.41, 5.74) is 3.46. The summed E-state index contributed by atoms with van der Waals surface area (Å²) in [4.78, 5) is 35.5. The third-order valence-electron chi connectivity index (χ3n) is 4.06. The van der Waals surface area contributed by atoms with Crippen molar-refractivity contribution in [1.29, 1.82) is 0 Å². The molecule has 28 heavy (non-hydrogen) atoms. The molecule has 0 aromatic heterocycles. The summed E-state index contributed by atoms with van der Waals surface area (Å²) < 4.78 is 12.9. The molecular formula is C20H21FN2O5. The van der Waals surface area contributed by atoms with Gasteiger partial charge in [-0.3, -0.25) is 14.8 Å². The van der Waals surface area contributed by atoms with Gasteiger partial charge >= 0.3 is 5.97 Å². The van der Waals surface area contributed by atoms with Crippen LogP contribution >= 0.6 is 0 Å². The number of ketones is 1. The van der Waals surface area contributed by atoms with Gasteiger partial charge in [0.15, 0.2) is 11.8 Å². The first-order chi connectivity index (χ1) is 13.4. The number of carbonyl (C=O) groups is 3. The molecule has 3 N–H and O–H groups in total. The van der Waals surface area contributed by atoms with Crippen LogP contribution in [0.2, 0.25) is 0 Å². The number of aryl methyl sites for hydroxylation is 1. The lowest BCUT2D eigenvalue weighted by atomic mass is 10.0. The zero-order chi connectivity index (χ0) is 20.5. The van der Waals surface area contributed by atoms with Crippen LogP contribution in [0.1, 0.15) is 24.0 Å². The van der Waals surface area contributed by atoms with Gasteiger partial charge in [-0.2, -0.15) is 5.43 Å². The molecule has 0 aliphatic heterocycles. The SMILES string of the molecule is O=C(O)C(NN(O)C(=O)Cc1ccc(F)cc1)C(=O)CCCc1ccccc1. The monoisotopic (exact) mass is 388 g/mol. The fourth-order valence-electron chi connectivity index (χ4n) is 2.57. The Balaban J connectivity index is 1.87. The molecule has 1 atom stereocenters. The van der Waals surface area contributed by atoms with E-state index >= 15 is 0 Å². The van der Waals surface area contributed by atoms with E-state index < -0.39 is 29.5 Å². The van der Waals surface area contributed by atoms with Gasteiger partial charge in [0.1, 0.15) is 5.82 Å². The van der Waals surface area contributed by atoms with Crippen molar-refractivity contribution in [2.75, 3.05) is 0 Å². The molecule has 2 aromatic rings. The van der Waals surface area contributed by atoms with E-state index in [0.717, 1.165) is 17.7 Å². The molecule has 0 aliphatic carbocycles. The number of nitrogens with zero attached hydrogens (tertiary/aromatic N) is 1. The van der Waals surface area contributed by atoms with Crippen LogP contribution in [0.3, 0.4) is 0 Å². The summed E-state index contributed by atoms with van der Waals surface area (Å²) in [5.74, 6) is -3.51. The number of rotatable bonds is 10. The van der Waals surface area contributed by atoms with Gasteiger partial charge in [-0.05, 0) is 36.1 Å². The van der Waals surface area contributed by atoms with Crippen LogP contribution in [0.15, 0.2) is 54.6 Å². The molecule has 1 amide bonds. The fourth-order valence-corrected chi connectivity index (χ4v) is 2.57. The number of aliphatic carboxylic acids is 1. The van der Waals surface area contributed by atoms with E-state index in [-0.39, 0.29) is 18.0 Å². The molecule has 0 aliphatic rings. The Morgan fingerprint density at radius 3 is 2.25 bits per heavy atom. The first-order valence-electron chi connectivity index (χ1n) is 8.68. The lowest BCUT2D eigenvalue weighted by Crippen LogP contribution is -2.53. The van der Waals surface area contributed by atoms with E-state index in [2.05, 4.69) is 0 Å². The molecular weight excluding hydrogens is 367 g/mol. The highest BCUT2D eigenvalue weighted by atomic mass is 19.1. The molecule has 1 unspecified atom stereocenters. The van der Waals surface area contributed by atoms with E-state index in [4.69, 9.17) is 0 Å². The Morgan fingerprint density at radius 2 is 1.64 bits per heavy atom. The number of carboxylic acids is 1. The van der Waals surface area contributed by atoms with Crippen LogP contribution < -0.4 is 5.43 Å². The van der Waals surface area contributed by atoms with E-state index in [9.17, 15) is 29.1 Å². The lowest BCUT2D eigenvalue weighted by molar-refractivity contribution is -0.185. The average molecular weight is 388 g/mol. The smallest absolute Gasteiger partial charge is 0.330 e.